The number of rotatable bonds is 2. The fourth-order valence-corrected chi connectivity index (χ4v) is 0.301. The van der Waals surface area contributed by atoms with Crippen molar-refractivity contribution < 1.29 is 4.79 Å². The zero-order valence-corrected chi connectivity index (χ0v) is 9.53. The first-order valence-corrected chi connectivity index (χ1v) is 4.93. The van der Waals surface area contributed by atoms with Gasteiger partial charge < -0.3 is 5.32 Å². The molecule has 1 amide bonds. The van der Waals surface area contributed by atoms with Crippen LogP contribution in [-0.4, -0.2) is 12.5 Å². The van der Waals surface area contributed by atoms with Crippen LogP contribution in [0.5, 0.6) is 0 Å². The van der Waals surface area contributed by atoms with Crippen molar-refractivity contribution in [2.24, 2.45) is 0 Å². The summed E-state index contributed by atoms with van der Waals surface area (Å²) in [6.45, 7) is 12.6. The van der Waals surface area contributed by atoms with Gasteiger partial charge in [0.1, 0.15) is 0 Å². The highest BCUT2D eigenvalue weighted by Crippen LogP contribution is 1.67. The van der Waals surface area contributed by atoms with Crippen LogP contribution in [0, 0.1) is 0 Å². The molecule has 0 rings (SSSR count). The van der Waals surface area contributed by atoms with Crippen molar-refractivity contribution in [2.75, 3.05) is 6.54 Å². The second-order valence-electron chi connectivity index (χ2n) is 2.19. The maximum atomic E-state index is 10.1. The first-order valence-electron chi connectivity index (χ1n) is 4.93. The molecule has 0 aliphatic rings. The van der Waals surface area contributed by atoms with E-state index in [1.807, 2.05) is 20.8 Å². The summed E-state index contributed by atoms with van der Waals surface area (Å²) in [7, 11) is 0. The molecule has 0 saturated carbocycles. The minimum atomic E-state index is 0. The molecule has 13 heavy (non-hydrogen) atoms. The number of hydrogen-bond donors (Lipinski definition) is 1. The molecule has 1 N–H and O–H groups in total. The lowest BCUT2D eigenvalue weighted by Gasteiger charge is -1.93. The van der Waals surface area contributed by atoms with Gasteiger partial charge in [0.05, 0.1) is 0 Å². The summed E-state index contributed by atoms with van der Waals surface area (Å²) >= 11 is 0. The zero-order chi connectivity index (χ0) is 10.4. The molecule has 0 unspecified atom stereocenters. The van der Waals surface area contributed by atoms with E-state index in [4.69, 9.17) is 0 Å². The summed E-state index contributed by atoms with van der Waals surface area (Å²) in [6, 6.07) is 0. The lowest BCUT2D eigenvalue weighted by atomic mass is 10.5. The Labute approximate surface area is 85.1 Å². The van der Waals surface area contributed by atoms with Gasteiger partial charge in [-0.05, 0) is 6.42 Å². The average molecular weight is 191 g/mol. The molecular formula is C11H29NO. The van der Waals surface area contributed by atoms with Gasteiger partial charge in [-0.15, -0.1) is 0 Å². The summed E-state index contributed by atoms with van der Waals surface area (Å²) in [5.41, 5.74) is 0. The van der Waals surface area contributed by atoms with Crippen LogP contribution in [0.15, 0.2) is 0 Å². The molecule has 2 heteroatoms. The number of carbonyl (C=O) groups is 1. The van der Waals surface area contributed by atoms with Crippen LogP contribution in [0.1, 0.15) is 61.8 Å². The summed E-state index contributed by atoms with van der Waals surface area (Å²) in [6.07, 6.45) is 2.26. The maximum Gasteiger partial charge on any atom is 0.216 e. The van der Waals surface area contributed by atoms with Gasteiger partial charge in [-0.1, -0.05) is 48.5 Å². The molecule has 0 aliphatic heterocycles. The van der Waals surface area contributed by atoms with Gasteiger partial charge in [0, 0.05) is 13.5 Å². The number of nitrogens with one attached hydrogen (secondary N) is 1. The minimum Gasteiger partial charge on any atom is -0.356 e. The Morgan fingerprint density at radius 3 is 1.54 bits per heavy atom. The second kappa shape index (κ2) is 30.0. The Bertz CT molecular complexity index is 72.5. The van der Waals surface area contributed by atoms with Crippen LogP contribution in [0.4, 0.5) is 0 Å². The fourth-order valence-electron chi connectivity index (χ4n) is 0.301. The van der Waals surface area contributed by atoms with Crippen LogP contribution in [0.3, 0.4) is 0 Å². The number of amides is 1. The van der Waals surface area contributed by atoms with Crippen molar-refractivity contribution in [3.05, 3.63) is 0 Å². The van der Waals surface area contributed by atoms with Crippen molar-refractivity contribution in [3.63, 3.8) is 0 Å². The third-order valence-corrected chi connectivity index (χ3v) is 0.624. The third kappa shape index (κ3) is 85.4. The van der Waals surface area contributed by atoms with E-state index < -0.39 is 0 Å². The van der Waals surface area contributed by atoms with Gasteiger partial charge in [-0.2, -0.15) is 0 Å². The number of hydrogen-bond acceptors (Lipinski definition) is 1. The Hall–Kier alpha value is -0.530. The summed E-state index contributed by atoms with van der Waals surface area (Å²) in [5, 5.41) is 2.66. The molecule has 0 heterocycles. The van der Waals surface area contributed by atoms with Gasteiger partial charge in [0.25, 0.3) is 0 Å². The molecule has 0 radical (unpaired) electrons. The fraction of sp³-hybridized carbons (Fsp3) is 0.909. The standard InChI is InChI=1S/C5H11NO.C3H8.C2H6.CH4/c1-3-4-6-5(2)7;1-3-2;1-2;/h3-4H2,1-2H3,(H,6,7);3H2,1-2H3;1-2H3;1H4. The lowest BCUT2D eigenvalue weighted by molar-refractivity contribution is -0.118. The van der Waals surface area contributed by atoms with Gasteiger partial charge in [0.15, 0.2) is 0 Å². The Kier molecular flexibility index (Phi) is 52.8. The average Bonchev–Trinajstić information content (AvgIpc) is 2.06. The molecule has 0 aromatic rings. The normalized spacial score (nSPS) is 6.31. The SMILES string of the molecule is C.CC.CCC.CCCNC(C)=O. The minimum absolute atomic E-state index is 0. The van der Waals surface area contributed by atoms with Crippen molar-refractivity contribution in [2.45, 2.75) is 61.8 Å². The second-order valence-corrected chi connectivity index (χ2v) is 2.19. The van der Waals surface area contributed by atoms with Crippen LogP contribution in [-0.2, 0) is 4.79 Å². The Balaban J connectivity index is -0.0000000581. The number of carbonyl (C=O) groups excluding carboxylic acids is 1. The Morgan fingerprint density at radius 1 is 1.15 bits per heavy atom. The van der Waals surface area contributed by atoms with E-state index in [1.54, 1.807) is 0 Å². The molecule has 0 spiro atoms. The van der Waals surface area contributed by atoms with Crippen molar-refractivity contribution in [1.82, 2.24) is 5.32 Å². The van der Waals surface area contributed by atoms with Crippen molar-refractivity contribution in [3.8, 4) is 0 Å². The smallest absolute Gasteiger partial charge is 0.216 e. The molecule has 0 aliphatic carbocycles. The molecule has 0 saturated heterocycles. The predicted octanol–water partition coefficient (Wildman–Crippen LogP) is 3.61. The quantitative estimate of drug-likeness (QED) is 0.710. The topological polar surface area (TPSA) is 29.1 Å². The van der Waals surface area contributed by atoms with E-state index in [1.165, 1.54) is 13.3 Å². The van der Waals surface area contributed by atoms with Gasteiger partial charge >= 0.3 is 0 Å². The van der Waals surface area contributed by atoms with E-state index in [2.05, 4.69) is 19.2 Å². The van der Waals surface area contributed by atoms with Crippen LogP contribution >= 0.6 is 0 Å². The monoisotopic (exact) mass is 191 g/mol. The van der Waals surface area contributed by atoms with E-state index in [0.717, 1.165) is 13.0 Å². The van der Waals surface area contributed by atoms with Gasteiger partial charge in [-0.25, -0.2) is 0 Å². The lowest BCUT2D eigenvalue weighted by Crippen LogP contribution is -2.19. The van der Waals surface area contributed by atoms with E-state index in [9.17, 15) is 4.79 Å². The molecule has 0 aromatic carbocycles. The van der Waals surface area contributed by atoms with Crippen molar-refractivity contribution in [1.29, 1.82) is 0 Å². The highest BCUT2D eigenvalue weighted by Gasteiger charge is 1.83. The van der Waals surface area contributed by atoms with Gasteiger partial charge in [0.2, 0.25) is 5.91 Å². The van der Waals surface area contributed by atoms with Crippen molar-refractivity contribution >= 4 is 5.91 Å². The molecule has 2 nitrogen and oxygen atoms in total. The third-order valence-electron chi connectivity index (χ3n) is 0.624. The van der Waals surface area contributed by atoms with Crippen LogP contribution in [0.25, 0.3) is 0 Å². The molecular weight excluding hydrogens is 162 g/mol. The predicted molar refractivity (Wildman–Crippen MR) is 63.0 cm³/mol. The van der Waals surface area contributed by atoms with E-state index in [0.29, 0.717) is 0 Å². The Morgan fingerprint density at radius 2 is 1.46 bits per heavy atom. The molecule has 84 valence electrons. The first kappa shape index (κ1) is 22.9. The maximum absolute atomic E-state index is 10.1. The largest absolute Gasteiger partial charge is 0.356 e. The van der Waals surface area contributed by atoms with E-state index in [-0.39, 0.29) is 13.3 Å². The molecule has 0 fully saturated rings. The van der Waals surface area contributed by atoms with Crippen LogP contribution < -0.4 is 5.32 Å². The van der Waals surface area contributed by atoms with Gasteiger partial charge in [-0.3, -0.25) is 4.79 Å². The summed E-state index contributed by atoms with van der Waals surface area (Å²) < 4.78 is 0. The molecule has 0 bridgehead atoms. The zero-order valence-electron chi connectivity index (χ0n) is 9.53. The summed E-state index contributed by atoms with van der Waals surface area (Å²) in [5.74, 6) is 0.0573. The highest BCUT2D eigenvalue weighted by molar-refractivity contribution is 5.72. The first-order chi connectivity index (χ1) is 5.68. The molecule has 0 aromatic heterocycles. The summed E-state index contributed by atoms with van der Waals surface area (Å²) in [4.78, 5) is 10.1. The van der Waals surface area contributed by atoms with Crippen LogP contribution in [0.2, 0.25) is 0 Å². The van der Waals surface area contributed by atoms with E-state index >= 15 is 0 Å². The highest BCUT2D eigenvalue weighted by atomic mass is 16.1. The molecule has 0 atom stereocenters.